The number of hydrogen-bond acceptors (Lipinski definition) is 3. The number of carbonyl (C=O) groups excluding carboxylic acids is 1. The van der Waals surface area contributed by atoms with Crippen LogP contribution in [0, 0.1) is 11.8 Å². The zero-order chi connectivity index (χ0) is 13.0. The maximum atomic E-state index is 11.9. The summed E-state index contributed by atoms with van der Waals surface area (Å²) in [6.07, 6.45) is 6.62. The Balaban J connectivity index is 0.00000180. The van der Waals surface area contributed by atoms with Crippen LogP contribution in [0.25, 0.3) is 0 Å². The lowest BCUT2D eigenvalue weighted by molar-refractivity contribution is -0.123. The van der Waals surface area contributed by atoms with Gasteiger partial charge in [0.15, 0.2) is 0 Å². The Morgan fingerprint density at radius 3 is 2.42 bits per heavy atom. The van der Waals surface area contributed by atoms with E-state index in [2.05, 4.69) is 17.6 Å². The van der Waals surface area contributed by atoms with E-state index < -0.39 is 0 Å². The van der Waals surface area contributed by atoms with Gasteiger partial charge < -0.3 is 15.7 Å². The van der Waals surface area contributed by atoms with Crippen molar-refractivity contribution in [3.05, 3.63) is 0 Å². The first-order valence-electron chi connectivity index (χ1n) is 7.38. The van der Waals surface area contributed by atoms with Gasteiger partial charge in [0.2, 0.25) is 5.91 Å². The number of hydrogen-bond donors (Lipinski definition) is 3. The fourth-order valence-electron chi connectivity index (χ4n) is 3.13. The van der Waals surface area contributed by atoms with Crippen molar-refractivity contribution >= 4 is 18.3 Å². The van der Waals surface area contributed by atoms with Gasteiger partial charge in [-0.25, -0.2) is 0 Å². The lowest BCUT2D eigenvalue weighted by Crippen LogP contribution is -2.42. The summed E-state index contributed by atoms with van der Waals surface area (Å²) in [7, 11) is 0. The Kier molecular flexibility index (Phi) is 7.11. The van der Waals surface area contributed by atoms with Gasteiger partial charge in [0.25, 0.3) is 0 Å². The van der Waals surface area contributed by atoms with Gasteiger partial charge in [-0.2, -0.15) is 0 Å². The summed E-state index contributed by atoms with van der Waals surface area (Å²) in [5.41, 5.74) is 0. The van der Waals surface area contributed by atoms with E-state index in [1.165, 1.54) is 32.1 Å². The van der Waals surface area contributed by atoms with Crippen molar-refractivity contribution in [1.29, 1.82) is 0 Å². The molecular formula is C14H27ClN2O2. The molecule has 0 radical (unpaired) electrons. The molecule has 1 heterocycles. The van der Waals surface area contributed by atoms with Crippen LogP contribution in [0.2, 0.25) is 0 Å². The maximum Gasteiger partial charge on any atom is 0.237 e. The van der Waals surface area contributed by atoms with Gasteiger partial charge in [-0.1, -0.05) is 26.2 Å². The second-order valence-corrected chi connectivity index (χ2v) is 5.89. The van der Waals surface area contributed by atoms with Crippen LogP contribution in [-0.4, -0.2) is 36.2 Å². The van der Waals surface area contributed by atoms with Crippen LogP contribution in [0.3, 0.4) is 0 Å². The first-order chi connectivity index (χ1) is 8.69. The largest absolute Gasteiger partial charge is 0.392 e. The summed E-state index contributed by atoms with van der Waals surface area (Å²) in [6, 6.07) is -0.188. The number of halogens is 1. The molecule has 1 aliphatic carbocycles. The lowest BCUT2D eigenvalue weighted by atomic mass is 9.81. The molecule has 0 aromatic carbocycles. The normalized spacial score (nSPS) is 34.6. The van der Waals surface area contributed by atoms with Crippen LogP contribution in [0.5, 0.6) is 0 Å². The highest BCUT2D eigenvalue weighted by atomic mass is 35.5. The fourth-order valence-corrected chi connectivity index (χ4v) is 3.13. The molecule has 1 saturated carbocycles. The van der Waals surface area contributed by atoms with Crippen molar-refractivity contribution in [1.82, 2.24) is 10.6 Å². The van der Waals surface area contributed by atoms with Gasteiger partial charge in [-0.15, -0.1) is 12.4 Å². The van der Waals surface area contributed by atoms with E-state index in [9.17, 15) is 9.90 Å². The summed E-state index contributed by atoms with van der Waals surface area (Å²) in [5, 5.41) is 15.5. The third-order valence-corrected chi connectivity index (χ3v) is 4.53. The molecule has 1 saturated heterocycles. The molecule has 2 unspecified atom stereocenters. The average Bonchev–Trinajstić information content (AvgIpc) is 2.83. The molecule has 19 heavy (non-hydrogen) atoms. The number of amides is 1. The maximum absolute atomic E-state index is 11.9. The van der Waals surface area contributed by atoms with Gasteiger partial charge in [-0.05, 0) is 31.1 Å². The summed E-state index contributed by atoms with van der Waals surface area (Å²) in [4.78, 5) is 11.9. The highest BCUT2D eigenvalue weighted by Gasteiger charge is 2.28. The second kappa shape index (κ2) is 8.08. The van der Waals surface area contributed by atoms with Gasteiger partial charge in [0.05, 0.1) is 12.1 Å². The fraction of sp³-hybridized carbons (Fsp3) is 0.929. The summed E-state index contributed by atoms with van der Waals surface area (Å²) >= 11 is 0. The van der Waals surface area contributed by atoms with Crippen molar-refractivity contribution < 1.29 is 9.90 Å². The van der Waals surface area contributed by atoms with Gasteiger partial charge in [0.1, 0.15) is 0 Å². The van der Waals surface area contributed by atoms with Gasteiger partial charge in [-0.3, -0.25) is 4.79 Å². The van der Waals surface area contributed by atoms with Crippen molar-refractivity contribution in [3.63, 3.8) is 0 Å². The predicted octanol–water partition coefficient (Wildman–Crippen LogP) is 1.46. The Morgan fingerprint density at radius 1 is 1.26 bits per heavy atom. The summed E-state index contributed by atoms with van der Waals surface area (Å²) < 4.78 is 0. The lowest BCUT2D eigenvalue weighted by Gasteiger charge is -2.28. The first kappa shape index (κ1) is 16.7. The average molecular weight is 291 g/mol. The second-order valence-electron chi connectivity index (χ2n) is 5.89. The van der Waals surface area contributed by atoms with E-state index in [-0.39, 0.29) is 30.5 Å². The molecule has 2 atom stereocenters. The molecular weight excluding hydrogens is 264 g/mol. The van der Waals surface area contributed by atoms with Crippen LogP contribution in [0.15, 0.2) is 0 Å². The molecule has 2 aliphatic rings. The SMILES string of the molecule is CCC1CCC(CNC(=O)C2CC(O)CN2)CC1.Cl. The third-order valence-electron chi connectivity index (χ3n) is 4.53. The number of aliphatic hydroxyl groups is 1. The van der Waals surface area contributed by atoms with Crippen LogP contribution >= 0.6 is 12.4 Å². The number of carbonyl (C=O) groups is 1. The van der Waals surface area contributed by atoms with Crippen molar-refractivity contribution in [2.45, 2.75) is 57.6 Å². The Bertz CT molecular complexity index is 281. The molecule has 3 N–H and O–H groups in total. The summed E-state index contributed by atoms with van der Waals surface area (Å²) in [5.74, 6) is 1.62. The van der Waals surface area contributed by atoms with E-state index in [4.69, 9.17) is 0 Å². The zero-order valence-corrected chi connectivity index (χ0v) is 12.5. The Morgan fingerprint density at radius 2 is 1.89 bits per heavy atom. The minimum atomic E-state index is -0.360. The van der Waals surface area contributed by atoms with Gasteiger partial charge in [0, 0.05) is 13.1 Å². The van der Waals surface area contributed by atoms with Crippen LogP contribution in [0.1, 0.15) is 45.4 Å². The van der Waals surface area contributed by atoms with Crippen molar-refractivity contribution in [3.8, 4) is 0 Å². The van der Waals surface area contributed by atoms with Crippen LogP contribution < -0.4 is 10.6 Å². The van der Waals surface area contributed by atoms with Crippen molar-refractivity contribution in [2.24, 2.45) is 11.8 Å². The molecule has 4 nitrogen and oxygen atoms in total. The van der Waals surface area contributed by atoms with E-state index >= 15 is 0 Å². The number of nitrogens with one attached hydrogen (secondary N) is 2. The predicted molar refractivity (Wildman–Crippen MR) is 78.4 cm³/mol. The quantitative estimate of drug-likeness (QED) is 0.735. The summed E-state index contributed by atoms with van der Waals surface area (Å²) in [6.45, 7) is 3.62. The molecule has 0 spiro atoms. The number of β-amino-alcohol motifs (C(OH)–C–C–N with tert-alkyl or cyclic N) is 1. The van der Waals surface area contributed by atoms with E-state index in [0.717, 1.165) is 12.5 Å². The first-order valence-corrected chi connectivity index (χ1v) is 7.38. The van der Waals surface area contributed by atoms with Gasteiger partial charge >= 0.3 is 0 Å². The van der Waals surface area contributed by atoms with Crippen molar-refractivity contribution in [2.75, 3.05) is 13.1 Å². The zero-order valence-electron chi connectivity index (χ0n) is 11.7. The smallest absolute Gasteiger partial charge is 0.237 e. The van der Waals surface area contributed by atoms with E-state index in [0.29, 0.717) is 18.9 Å². The minimum absolute atomic E-state index is 0. The Hall–Kier alpha value is -0.320. The molecule has 2 fully saturated rings. The topological polar surface area (TPSA) is 61.4 Å². The minimum Gasteiger partial charge on any atom is -0.392 e. The molecule has 0 aromatic rings. The standard InChI is InChI=1S/C14H26N2O2.ClH/c1-2-10-3-5-11(6-4-10)8-16-14(18)13-7-12(17)9-15-13;/h10-13,15,17H,2-9H2,1H3,(H,16,18);1H. The van der Waals surface area contributed by atoms with E-state index in [1.54, 1.807) is 0 Å². The molecule has 1 amide bonds. The van der Waals surface area contributed by atoms with Crippen LogP contribution in [-0.2, 0) is 4.79 Å². The van der Waals surface area contributed by atoms with E-state index in [1.807, 2.05) is 0 Å². The molecule has 112 valence electrons. The monoisotopic (exact) mass is 290 g/mol. The third kappa shape index (κ3) is 4.93. The highest BCUT2D eigenvalue weighted by Crippen LogP contribution is 2.30. The molecule has 5 heteroatoms. The Labute approximate surface area is 122 Å². The molecule has 0 aromatic heterocycles. The molecule has 1 aliphatic heterocycles. The molecule has 0 bridgehead atoms. The number of aliphatic hydroxyl groups excluding tert-OH is 1. The number of rotatable bonds is 4. The van der Waals surface area contributed by atoms with Crippen LogP contribution in [0.4, 0.5) is 0 Å². The molecule has 2 rings (SSSR count). The highest BCUT2D eigenvalue weighted by molar-refractivity contribution is 5.85.